The van der Waals surface area contributed by atoms with E-state index in [1.54, 1.807) is 6.20 Å². The number of aromatic nitrogens is 3. The third kappa shape index (κ3) is 8.90. The van der Waals surface area contributed by atoms with Gasteiger partial charge >= 0.3 is 5.97 Å². The van der Waals surface area contributed by atoms with Crippen LogP contribution < -0.4 is 27.4 Å². The molecule has 2 heterocycles. The number of carbonyl (C=O) groups excluding carboxylic acids is 4. The van der Waals surface area contributed by atoms with Crippen LogP contribution in [0.15, 0.2) is 67.3 Å². The Labute approximate surface area is 256 Å². The van der Waals surface area contributed by atoms with Gasteiger partial charge in [-0.2, -0.15) is 0 Å². The van der Waals surface area contributed by atoms with E-state index in [-0.39, 0.29) is 25.0 Å². The second-order valence-electron chi connectivity index (χ2n) is 10.5. The number of amides is 4. The molecule has 0 bridgehead atoms. The van der Waals surface area contributed by atoms with Crippen LogP contribution in [0.1, 0.15) is 23.2 Å². The summed E-state index contributed by atoms with van der Waals surface area (Å²) in [5.41, 5.74) is 14.1. The summed E-state index contributed by atoms with van der Waals surface area (Å²) in [6, 6.07) is 7.97. The maximum Gasteiger partial charge on any atom is 0.326 e. The molecule has 236 valence electrons. The standard InChI is InChI=1S/C30H34N8O7/c31-21(10-17-13-34-22-4-2-1-3-20(17)22)27(41)36-24(12-26(32)40)29(43)37-23(11-18-14-33-15-35-18)28(42)38-25(30(44)45)9-16-5-7-19(39)8-6-16/h1-8,13-15,21,23-25,34,39H,9-12,31H2,(H2,32,40)(H,33,35)(H,36,41)(H,37,43)(H,38,42)(H,44,45). The number of aliphatic carboxylic acids is 1. The van der Waals surface area contributed by atoms with Crippen LogP contribution in [0.5, 0.6) is 5.75 Å². The highest BCUT2D eigenvalue weighted by Gasteiger charge is 2.32. The molecule has 11 N–H and O–H groups in total. The number of fused-ring (bicyclic) bond motifs is 1. The number of hydrogen-bond acceptors (Lipinski definition) is 8. The summed E-state index contributed by atoms with van der Waals surface area (Å²) in [6.45, 7) is 0. The van der Waals surface area contributed by atoms with Gasteiger partial charge in [-0.05, 0) is 35.7 Å². The number of nitrogens with zero attached hydrogens (tertiary/aromatic N) is 1. The first-order valence-corrected chi connectivity index (χ1v) is 14.0. The predicted octanol–water partition coefficient (Wildman–Crippen LogP) is -0.634. The normalized spacial score (nSPS) is 13.7. The minimum absolute atomic E-state index is 0.00600. The maximum absolute atomic E-state index is 13.4. The molecule has 0 spiro atoms. The van der Waals surface area contributed by atoms with Crippen LogP contribution in [0, 0.1) is 0 Å². The lowest BCUT2D eigenvalue weighted by Gasteiger charge is -2.24. The molecule has 15 heteroatoms. The number of phenols is 1. The molecule has 4 amide bonds. The fraction of sp³-hybridized carbons (Fsp3) is 0.267. The first-order chi connectivity index (χ1) is 21.5. The maximum atomic E-state index is 13.4. The molecule has 15 nitrogen and oxygen atoms in total. The van der Waals surface area contributed by atoms with Crippen molar-refractivity contribution in [2.75, 3.05) is 0 Å². The molecule has 0 fully saturated rings. The second-order valence-corrected chi connectivity index (χ2v) is 10.5. The summed E-state index contributed by atoms with van der Waals surface area (Å²) in [5.74, 6) is -4.71. The van der Waals surface area contributed by atoms with Crippen molar-refractivity contribution in [2.24, 2.45) is 11.5 Å². The molecule has 4 rings (SSSR count). The number of aromatic hydroxyl groups is 1. The Morgan fingerprint density at radius 1 is 0.822 bits per heavy atom. The Morgan fingerprint density at radius 3 is 2.16 bits per heavy atom. The Balaban J connectivity index is 1.47. The van der Waals surface area contributed by atoms with Gasteiger partial charge in [-0.25, -0.2) is 9.78 Å². The zero-order valence-corrected chi connectivity index (χ0v) is 24.0. The van der Waals surface area contributed by atoms with Gasteiger partial charge in [0.05, 0.1) is 18.8 Å². The summed E-state index contributed by atoms with van der Waals surface area (Å²) >= 11 is 0. The van der Waals surface area contributed by atoms with Crippen LogP contribution in [0.25, 0.3) is 10.9 Å². The number of benzene rings is 2. The summed E-state index contributed by atoms with van der Waals surface area (Å²) in [7, 11) is 0. The van der Waals surface area contributed by atoms with Gasteiger partial charge in [0.25, 0.3) is 0 Å². The summed E-state index contributed by atoms with van der Waals surface area (Å²) in [5, 5.41) is 27.5. The van der Waals surface area contributed by atoms with Crippen molar-refractivity contribution in [1.82, 2.24) is 30.9 Å². The van der Waals surface area contributed by atoms with Crippen LogP contribution in [-0.2, 0) is 43.2 Å². The molecule has 0 aliphatic heterocycles. The lowest BCUT2D eigenvalue weighted by molar-refractivity contribution is -0.142. The van der Waals surface area contributed by atoms with Gasteiger partial charge in [0, 0.05) is 41.8 Å². The van der Waals surface area contributed by atoms with Gasteiger partial charge in [-0.3, -0.25) is 19.2 Å². The molecule has 0 radical (unpaired) electrons. The zero-order valence-electron chi connectivity index (χ0n) is 24.0. The average molecular weight is 619 g/mol. The Hall–Kier alpha value is -5.70. The molecule has 4 atom stereocenters. The number of primary amides is 1. The summed E-state index contributed by atoms with van der Waals surface area (Å²) < 4.78 is 0. The predicted molar refractivity (Wildman–Crippen MR) is 161 cm³/mol. The van der Waals surface area contributed by atoms with E-state index < -0.39 is 60.2 Å². The Bertz CT molecular complexity index is 1650. The van der Waals surface area contributed by atoms with Gasteiger partial charge in [0.1, 0.15) is 23.9 Å². The van der Waals surface area contributed by atoms with E-state index in [4.69, 9.17) is 11.5 Å². The minimum atomic E-state index is -1.48. The Morgan fingerprint density at radius 2 is 1.49 bits per heavy atom. The van der Waals surface area contributed by atoms with Crippen molar-refractivity contribution in [3.8, 4) is 5.75 Å². The number of nitrogens with two attached hydrogens (primary N) is 2. The lowest BCUT2D eigenvalue weighted by atomic mass is 10.0. The van der Waals surface area contributed by atoms with E-state index in [0.29, 0.717) is 11.3 Å². The SMILES string of the molecule is NC(=O)CC(NC(=O)C(N)Cc1c[nH]c2ccccc12)C(=O)NC(Cc1cnc[nH]1)C(=O)NC(Cc1ccc(O)cc1)C(=O)O. The van der Waals surface area contributed by atoms with Crippen molar-refractivity contribution >= 4 is 40.5 Å². The van der Waals surface area contributed by atoms with Gasteiger partial charge in [-0.1, -0.05) is 30.3 Å². The molecule has 2 aromatic carbocycles. The third-order valence-corrected chi connectivity index (χ3v) is 7.09. The monoisotopic (exact) mass is 618 g/mol. The van der Waals surface area contributed by atoms with Gasteiger partial charge in [0.15, 0.2) is 0 Å². The summed E-state index contributed by atoms with van der Waals surface area (Å²) in [4.78, 5) is 73.4. The number of phenolic OH excluding ortho intramolecular Hbond substituents is 1. The first-order valence-electron chi connectivity index (χ1n) is 14.0. The number of carboxylic acids is 1. The number of carboxylic acid groups (broad SMARTS) is 1. The van der Waals surface area contributed by atoms with Crippen molar-refractivity contribution in [1.29, 1.82) is 0 Å². The highest BCUT2D eigenvalue weighted by molar-refractivity contribution is 5.96. The molecule has 0 aliphatic rings. The molecule has 4 aromatic rings. The molecular weight excluding hydrogens is 584 g/mol. The lowest BCUT2D eigenvalue weighted by Crippen LogP contribution is -2.58. The van der Waals surface area contributed by atoms with Gasteiger partial charge in [-0.15, -0.1) is 0 Å². The highest BCUT2D eigenvalue weighted by Crippen LogP contribution is 2.19. The van der Waals surface area contributed by atoms with Crippen LogP contribution >= 0.6 is 0 Å². The number of hydrogen-bond donors (Lipinski definition) is 9. The summed E-state index contributed by atoms with van der Waals surface area (Å²) in [6.07, 6.45) is 3.82. The van der Waals surface area contributed by atoms with E-state index >= 15 is 0 Å². The molecule has 2 aromatic heterocycles. The minimum Gasteiger partial charge on any atom is -0.508 e. The topological polar surface area (TPSA) is 258 Å². The highest BCUT2D eigenvalue weighted by atomic mass is 16.4. The first kappa shape index (κ1) is 32.2. The fourth-order valence-corrected chi connectivity index (χ4v) is 4.76. The van der Waals surface area contributed by atoms with E-state index in [0.717, 1.165) is 16.5 Å². The fourth-order valence-electron chi connectivity index (χ4n) is 4.76. The van der Waals surface area contributed by atoms with E-state index in [1.807, 2.05) is 24.3 Å². The molecule has 0 saturated carbocycles. The van der Waals surface area contributed by atoms with Crippen LogP contribution in [-0.4, -0.2) is 78.9 Å². The van der Waals surface area contributed by atoms with E-state index in [1.165, 1.54) is 36.8 Å². The van der Waals surface area contributed by atoms with Crippen molar-refractivity contribution in [2.45, 2.75) is 49.9 Å². The molecular formula is C30H34N8O7. The zero-order chi connectivity index (χ0) is 32.5. The quantitative estimate of drug-likeness (QED) is 0.0820. The number of rotatable bonds is 15. The van der Waals surface area contributed by atoms with E-state index in [2.05, 4.69) is 30.9 Å². The van der Waals surface area contributed by atoms with Gasteiger partial charge < -0.3 is 47.6 Å². The molecule has 0 saturated heterocycles. The number of H-pyrrole nitrogens is 2. The van der Waals surface area contributed by atoms with Crippen molar-refractivity contribution < 1.29 is 34.2 Å². The molecule has 4 unspecified atom stereocenters. The molecule has 0 aliphatic carbocycles. The largest absolute Gasteiger partial charge is 0.508 e. The smallest absolute Gasteiger partial charge is 0.326 e. The van der Waals surface area contributed by atoms with Crippen molar-refractivity contribution in [3.05, 3.63) is 84.1 Å². The van der Waals surface area contributed by atoms with Crippen molar-refractivity contribution in [3.63, 3.8) is 0 Å². The molecule has 45 heavy (non-hydrogen) atoms. The Kier molecular flexibility index (Phi) is 10.5. The van der Waals surface area contributed by atoms with E-state index in [9.17, 15) is 34.2 Å². The van der Waals surface area contributed by atoms with Crippen LogP contribution in [0.4, 0.5) is 0 Å². The van der Waals surface area contributed by atoms with Crippen LogP contribution in [0.2, 0.25) is 0 Å². The number of imidazole rings is 1. The number of carbonyl (C=O) groups is 5. The number of nitrogens with one attached hydrogen (secondary N) is 5. The van der Waals surface area contributed by atoms with Crippen LogP contribution in [0.3, 0.4) is 0 Å². The average Bonchev–Trinajstić information content (AvgIpc) is 3.67. The van der Waals surface area contributed by atoms with Gasteiger partial charge in [0.2, 0.25) is 23.6 Å². The number of para-hydroxylation sites is 1. The number of aromatic amines is 2. The second kappa shape index (κ2) is 14.7. The third-order valence-electron chi connectivity index (χ3n) is 7.09.